The summed E-state index contributed by atoms with van der Waals surface area (Å²) in [6, 6.07) is 6.10. The molecule has 2 fully saturated rings. The van der Waals surface area contributed by atoms with Crippen molar-refractivity contribution in [3.8, 4) is 0 Å². The summed E-state index contributed by atoms with van der Waals surface area (Å²) >= 11 is 0. The Labute approximate surface area is 160 Å². The Balaban J connectivity index is 1.68. The Kier molecular flexibility index (Phi) is 6.16. The van der Waals surface area contributed by atoms with Gasteiger partial charge in [0.2, 0.25) is 10.0 Å². The van der Waals surface area contributed by atoms with Crippen LogP contribution in [0, 0.1) is 5.92 Å². The second kappa shape index (κ2) is 8.39. The summed E-state index contributed by atoms with van der Waals surface area (Å²) < 4.78 is 27.1. The van der Waals surface area contributed by atoms with E-state index in [9.17, 15) is 18.0 Å². The number of aliphatic carboxylic acids is 1. The van der Waals surface area contributed by atoms with E-state index in [2.05, 4.69) is 0 Å². The lowest BCUT2D eigenvalue weighted by Crippen LogP contribution is -2.40. The predicted octanol–water partition coefficient (Wildman–Crippen LogP) is 2.19. The molecule has 0 aliphatic carbocycles. The van der Waals surface area contributed by atoms with Gasteiger partial charge in [-0.15, -0.1) is 0 Å². The molecule has 1 aromatic carbocycles. The van der Waals surface area contributed by atoms with Gasteiger partial charge in [-0.3, -0.25) is 9.59 Å². The van der Waals surface area contributed by atoms with Gasteiger partial charge in [0.15, 0.2) is 0 Å². The highest BCUT2D eigenvalue weighted by Gasteiger charge is 2.28. The van der Waals surface area contributed by atoms with Crippen molar-refractivity contribution in [2.45, 2.75) is 43.4 Å². The molecule has 1 N–H and O–H groups in total. The van der Waals surface area contributed by atoms with Gasteiger partial charge < -0.3 is 10.0 Å². The topological polar surface area (TPSA) is 95.0 Å². The normalized spacial score (nSPS) is 20.2. The molecule has 0 aromatic heterocycles. The van der Waals surface area contributed by atoms with E-state index < -0.39 is 21.9 Å². The molecule has 0 spiro atoms. The van der Waals surface area contributed by atoms with E-state index in [0.29, 0.717) is 44.6 Å². The van der Waals surface area contributed by atoms with Crippen LogP contribution in [-0.4, -0.2) is 60.8 Å². The van der Waals surface area contributed by atoms with Gasteiger partial charge in [0.25, 0.3) is 5.91 Å². The first-order valence-electron chi connectivity index (χ1n) is 9.52. The summed E-state index contributed by atoms with van der Waals surface area (Å²) in [5, 5.41) is 9.05. The van der Waals surface area contributed by atoms with Crippen LogP contribution in [0.1, 0.15) is 48.9 Å². The van der Waals surface area contributed by atoms with Gasteiger partial charge >= 0.3 is 5.97 Å². The fourth-order valence-corrected chi connectivity index (χ4v) is 5.23. The van der Waals surface area contributed by atoms with Crippen molar-refractivity contribution in [2.75, 3.05) is 26.2 Å². The Bertz CT molecular complexity index is 775. The highest BCUT2D eigenvalue weighted by Crippen LogP contribution is 2.22. The summed E-state index contributed by atoms with van der Waals surface area (Å²) in [6.45, 7) is 1.90. The quantitative estimate of drug-likeness (QED) is 0.845. The van der Waals surface area contributed by atoms with Crippen molar-refractivity contribution >= 4 is 21.9 Å². The number of hydrogen-bond acceptors (Lipinski definition) is 4. The lowest BCUT2D eigenvalue weighted by atomic mass is 9.96. The minimum atomic E-state index is -3.53. The molecule has 2 heterocycles. The third kappa shape index (κ3) is 4.50. The number of benzene rings is 1. The van der Waals surface area contributed by atoms with Crippen LogP contribution in [0.2, 0.25) is 0 Å². The lowest BCUT2D eigenvalue weighted by molar-refractivity contribution is -0.143. The Morgan fingerprint density at radius 3 is 1.96 bits per heavy atom. The minimum Gasteiger partial charge on any atom is -0.481 e. The number of piperidine rings is 1. The zero-order chi connectivity index (χ0) is 19.4. The van der Waals surface area contributed by atoms with Crippen LogP contribution in [-0.2, 0) is 14.8 Å². The second-order valence-corrected chi connectivity index (χ2v) is 9.19. The Morgan fingerprint density at radius 2 is 1.44 bits per heavy atom. The van der Waals surface area contributed by atoms with Gasteiger partial charge in [0.1, 0.15) is 0 Å². The monoisotopic (exact) mass is 394 g/mol. The maximum Gasteiger partial charge on any atom is 0.306 e. The van der Waals surface area contributed by atoms with E-state index in [0.717, 1.165) is 25.7 Å². The van der Waals surface area contributed by atoms with Crippen LogP contribution in [0.3, 0.4) is 0 Å². The van der Waals surface area contributed by atoms with E-state index in [1.165, 1.54) is 16.4 Å². The van der Waals surface area contributed by atoms with Crippen molar-refractivity contribution in [3.63, 3.8) is 0 Å². The number of nitrogens with zero attached hydrogens (tertiary/aromatic N) is 2. The van der Waals surface area contributed by atoms with Crippen molar-refractivity contribution in [1.82, 2.24) is 9.21 Å². The molecule has 1 amide bonds. The first kappa shape index (κ1) is 19.8. The molecule has 7 nitrogen and oxygen atoms in total. The van der Waals surface area contributed by atoms with Crippen LogP contribution < -0.4 is 0 Å². The van der Waals surface area contributed by atoms with Crippen LogP contribution in [0.5, 0.6) is 0 Å². The molecular formula is C19H26N2O5S. The minimum absolute atomic E-state index is 0.183. The van der Waals surface area contributed by atoms with Gasteiger partial charge in [0, 0.05) is 31.7 Å². The highest BCUT2D eigenvalue weighted by atomic mass is 32.2. The smallest absolute Gasteiger partial charge is 0.306 e. The van der Waals surface area contributed by atoms with Crippen molar-refractivity contribution in [1.29, 1.82) is 0 Å². The number of hydrogen-bond donors (Lipinski definition) is 1. The molecule has 27 heavy (non-hydrogen) atoms. The van der Waals surface area contributed by atoms with Gasteiger partial charge in [-0.2, -0.15) is 4.31 Å². The number of carboxylic acids is 1. The van der Waals surface area contributed by atoms with Crippen molar-refractivity contribution < 1.29 is 23.1 Å². The van der Waals surface area contributed by atoms with Gasteiger partial charge in [-0.05, 0) is 49.9 Å². The average molecular weight is 394 g/mol. The summed E-state index contributed by atoms with van der Waals surface area (Å²) in [6.07, 6.45) is 4.76. The molecule has 1 aromatic rings. The fraction of sp³-hybridized carbons (Fsp3) is 0.579. The molecule has 2 aliphatic heterocycles. The molecule has 8 heteroatoms. The zero-order valence-corrected chi connectivity index (χ0v) is 16.2. The van der Waals surface area contributed by atoms with E-state index in [1.807, 2.05) is 0 Å². The van der Waals surface area contributed by atoms with E-state index in [4.69, 9.17) is 5.11 Å². The maximum atomic E-state index is 12.8. The van der Waals surface area contributed by atoms with Crippen LogP contribution >= 0.6 is 0 Å². The average Bonchev–Trinajstić information content (AvgIpc) is 2.98. The predicted molar refractivity (Wildman–Crippen MR) is 99.9 cm³/mol. The first-order valence-corrected chi connectivity index (χ1v) is 11.0. The standard InChI is InChI=1S/C19H26N2O5S/c22-18(20-13-9-16(10-14-20)19(23)24)15-5-7-17(8-6-15)27(25,26)21-11-3-1-2-4-12-21/h5-8,16H,1-4,9-14H2,(H,23,24). The molecule has 0 bridgehead atoms. The maximum absolute atomic E-state index is 12.8. The van der Waals surface area contributed by atoms with Crippen molar-refractivity contribution in [2.24, 2.45) is 5.92 Å². The highest BCUT2D eigenvalue weighted by molar-refractivity contribution is 7.89. The van der Waals surface area contributed by atoms with Gasteiger partial charge in [0.05, 0.1) is 10.8 Å². The van der Waals surface area contributed by atoms with Crippen LogP contribution in [0.15, 0.2) is 29.2 Å². The summed E-state index contributed by atoms with van der Waals surface area (Å²) in [4.78, 5) is 25.5. The molecule has 148 valence electrons. The molecule has 2 saturated heterocycles. The van der Waals surface area contributed by atoms with Gasteiger partial charge in [-0.25, -0.2) is 8.42 Å². The molecule has 0 unspecified atom stereocenters. The van der Waals surface area contributed by atoms with Crippen molar-refractivity contribution in [3.05, 3.63) is 29.8 Å². The Hall–Kier alpha value is -1.93. The summed E-state index contributed by atoms with van der Waals surface area (Å²) in [7, 11) is -3.53. The summed E-state index contributed by atoms with van der Waals surface area (Å²) in [5.74, 6) is -1.39. The molecule has 0 saturated carbocycles. The molecule has 3 rings (SSSR count). The fourth-order valence-electron chi connectivity index (χ4n) is 3.71. The molecule has 0 radical (unpaired) electrons. The van der Waals surface area contributed by atoms with Crippen LogP contribution in [0.4, 0.5) is 0 Å². The number of sulfonamides is 1. The van der Waals surface area contributed by atoms with E-state index in [1.54, 1.807) is 17.0 Å². The number of amides is 1. The largest absolute Gasteiger partial charge is 0.481 e. The zero-order valence-electron chi connectivity index (χ0n) is 15.3. The first-order chi connectivity index (χ1) is 12.9. The lowest BCUT2D eigenvalue weighted by Gasteiger charge is -2.30. The molecule has 0 atom stereocenters. The van der Waals surface area contributed by atoms with E-state index in [-0.39, 0.29) is 10.8 Å². The third-order valence-corrected chi connectivity index (χ3v) is 7.35. The number of carbonyl (C=O) groups excluding carboxylic acids is 1. The number of carbonyl (C=O) groups is 2. The third-order valence-electron chi connectivity index (χ3n) is 5.44. The van der Waals surface area contributed by atoms with Gasteiger partial charge in [-0.1, -0.05) is 12.8 Å². The Morgan fingerprint density at radius 1 is 0.889 bits per heavy atom. The number of carboxylic acid groups (broad SMARTS) is 1. The van der Waals surface area contributed by atoms with E-state index >= 15 is 0 Å². The number of likely N-dealkylation sites (tertiary alicyclic amines) is 1. The molecular weight excluding hydrogens is 368 g/mol. The number of rotatable bonds is 4. The molecule has 2 aliphatic rings. The SMILES string of the molecule is O=C(O)C1CCN(C(=O)c2ccc(S(=O)(=O)N3CCCCCC3)cc2)CC1. The second-order valence-electron chi connectivity index (χ2n) is 7.25. The summed E-state index contributed by atoms with van der Waals surface area (Å²) in [5.41, 5.74) is 0.429. The van der Waals surface area contributed by atoms with Crippen LogP contribution in [0.25, 0.3) is 0 Å².